The average molecular weight is 346 g/mol. The van der Waals surface area contributed by atoms with Gasteiger partial charge in [-0.15, -0.1) is 0 Å². The lowest BCUT2D eigenvalue weighted by Gasteiger charge is -2.34. The number of nitrogens with one attached hydrogen (secondary N) is 1. The number of pyridine rings is 1. The Bertz CT molecular complexity index is 745. The van der Waals surface area contributed by atoms with Crippen LogP contribution >= 0.6 is 11.6 Å². The number of carbonyl (C=O) groups is 1. The first-order valence-corrected chi connectivity index (χ1v) is 8.65. The lowest BCUT2D eigenvalue weighted by Crippen LogP contribution is -2.49. The Morgan fingerprint density at radius 3 is 2.62 bits per heavy atom. The average Bonchev–Trinajstić information content (AvgIpc) is 3.16. The summed E-state index contributed by atoms with van der Waals surface area (Å²) in [4.78, 5) is 20.7. The largest absolute Gasteiger partial charge is 0.352 e. The van der Waals surface area contributed by atoms with E-state index in [1.165, 1.54) is 24.7 Å². The molecule has 2 aromatic heterocycles. The third kappa shape index (κ3) is 2.86. The van der Waals surface area contributed by atoms with Crippen LogP contribution in [0.1, 0.15) is 35.9 Å². The fourth-order valence-electron chi connectivity index (χ4n) is 3.04. The molecule has 24 heavy (non-hydrogen) atoms. The second-order valence-corrected chi connectivity index (χ2v) is 7.28. The molecule has 1 aliphatic carbocycles. The van der Waals surface area contributed by atoms with Gasteiger partial charge in [0.25, 0.3) is 5.91 Å². The topological polar surface area (TPSA) is 65.1 Å². The zero-order chi connectivity index (χ0) is 16.7. The van der Waals surface area contributed by atoms with Crippen LogP contribution < -0.4 is 4.90 Å². The Balaban J connectivity index is 1.38. The van der Waals surface area contributed by atoms with Crippen LogP contribution in [-0.2, 0) is 5.41 Å². The molecule has 0 unspecified atom stereocenters. The summed E-state index contributed by atoms with van der Waals surface area (Å²) in [6, 6.07) is 5.53. The second kappa shape index (κ2) is 5.77. The smallest absolute Gasteiger partial charge is 0.272 e. The van der Waals surface area contributed by atoms with E-state index in [1.807, 2.05) is 4.90 Å². The van der Waals surface area contributed by atoms with Gasteiger partial charge in [0.15, 0.2) is 5.82 Å². The molecule has 1 N–H and O–H groups in total. The van der Waals surface area contributed by atoms with Gasteiger partial charge in [-0.05, 0) is 25.0 Å². The van der Waals surface area contributed by atoms with Crippen molar-refractivity contribution in [3.05, 3.63) is 40.8 Å². The van der Waals surface area contributed by atoms with Crippen LogP contribution in [0.2, 0.25) is 5.02 Å². The predicted octanol–water partition coefficient (Wildman–Crippen LogP) is 2.47. The Kier molecular flexibility index (Phi) is 3.72. The minimum absolute atomic E-state index is 0.0421. The van der Waals surface area contributed by atoms with Crippen LogP contribution in [0.25, 0.3) is 0 Å². The molecule has 0 atom stereocenters. The predicted molar refractivity (Wildman–Crippen MR) is 92.5 cm³/mol. The highest BCUT2D eigenvalue weighted by atomic mass is 35.5. The van der Waals surface area contributed by atoms with Crippen molar-refractivity contribution in [2.45, 2.75) is 25.2 Å². The van der Waals surface area contributed by atoms with Gasteiger partial charge >= 0.3 is 0 Å². The van der Waals surface area contributed by atoms with E-state index in [0.717, 1.165) is 18.9 Å². The first-order chi connectivity index (χ1) is 11.5. The lowest BCUT2D eigenvalue weighted by atomic mass is 10.1. The molecule has 2 fully saturated rings. The van der Waals surface area contributed by atoms with Gasteiger partial charge < -0.3 is 9.80 Å². The second-order valence-electron chi connectivity index (χ2n) is 6.84. The molecular formula is C17H20ClN5O. The number of anilines is 1. The van der Waals surface area contributed by atoms with Crippen molar-refractivity contribution >= 4 is 23.3 Å². The number of rotatable bonds is 3. The summed E-state index contributed by atoms with van der Waals surface area (Å²) in [5.41, 5.74) is 1.96. The Hall–Kier alpha value is -2.08. The zero-order valence-corrected chi connectivity index (χ0v) is 14.4. The van der Waals surface area contributed by atoms with Gasteiger partial charge in [-0.2, -0.15) is 5.10 Å². The number of hydrogen-bond acceptors (Lipinski definition) is 4. The van der Waals surface area contributed by atoms with E-state index < -0.39 is 0 Å². The summed E-state index contributed by atoms with van der Waals surface area (Å²) >= 11 is 5.82. The molecule has 6 nitrogen and oxygen atoms in total. The molecule has 7 heteroatoms. The maximum absolute atomic E-state index is 12.5. The number of aromatic amines is 1. The molecule has 2 aromatic rings. The molecule has 2 aliphatic rings. The highest BCUT2D eigenvalue weighted by Gasteiger charge is 2.41. The number of nitrogens with zero attached hydrogens (tertiary/aromatic N) is 4. The minimum Gasteiger partial charge on any atom is -0.352 e. The summed E-state index contributed by atoms with van der Waals surface area (Å²) < 4.78 is 0. The summed E-state index contributed by atoms with van der Waals surface area (Å²) in [6.45, 7) is 5.16. The molecule has 0 aromatic carbocycles. The quantitative estimate of drug-likeness (QED) is 0.928. The van der Waals surface area contributed by atoms with E-state index in [-0.39, 0.29) is 5.91 Å². The molecule has 4 rings (SSSR count). The standard InChI is InChI=1S/C17H20ClN5O/c1-17(4-5-17)14-10-15(21-20-14)22-6-8-23(9-7-22)16(24)13-3-2-12(18)11-19-13/h2-3,10-11H,4-9H2,1H3,(H,20,21). The molecular weight excluding hydrogens is 326 g/mol. The van der Waals surface area contributed by atoms with Crippen molar-refractivity contribution in [1.29, 1.82) is 0 Å². The van der Waals surface area contributed by atoms with Gasteiger partial charge in [-0.1, -0.05) is 18.5 Å². The maximum atomic E-state index is 12.5. The number of H-pyrrole nitrogens is 1. The maximum Gasteiger partial charge on any atom is 0.272 e. The van der Waals surface area contributed by atoms with Gasteiger partial charge in [-0.25, -0.2) is 4.98 Å². The first-order valence-electron chi connectivity index (χ1n) is 8.27. The van der Waals surface area contributed by atoms with E-state index in [4.69, 9.17) is 11.6 Å². The number of carbonyl (C=O) groups excluding carboxylic acids is 1. The van der Waals surface area contributed by atoms with Gasteiger partial charge in [0.2, 0.25) is 0 Å². The number of aromatic nitrogens is 3. The number of amides is 1. The van der Waals surface area contributed by atoms with Crippen LogP contribution in [0.3, 0.4) is 0 Å². The molecule has 1 saturated heterocycles. The first kappa shape index (κ1) is 15.4. The fraction of sp³-hybridized carbons (Fsp3) is 0.471. The van der Waals surface area contributed by atoms with Crippen molar-refractivity contribution in [1.82, 2.24) is 20.1 Å². The number of hydrogen-bond donors (Lipinski definition) is 1. The van der Waals surface area contributed by atoms with Crippen molar-refractivity contribution in [2.24, 2.45) is 0 Å². The van der Waals surface area contributed by atoms with Crippen molar-refractivity contribution in [3.63, 3.8) is 0 Å². The molecule has 1 saturated carbocycles. The Morgan fingerprint density at radius 2 is 2.00 bits per heavy atom. The van der Waals surface area contributed by atoms with Crippen LogP contribution in [-0.4, -0.2) is 52.2 Å². The molecule has 0 spiro atoms. The summed E-state index contributed by atoms with van der Waals surface area (Å²) in [5.74, 6) is 0.939. The normalized spacial score (nSPS) is 19.4. The van der Waals surface area contributed by atoms with E-state index in [0.29, 0.717) is 29.2 Å². The third-order valence-corrected chi connectivity index (χ3v) is 5.28. The summed E-state index contributed by atoms with van der Waals surface area (Å²) in [7, 11) is 0. The van der Waals surface area contributed by atoms with Gasteiger partial charge in [0.1, 0.15) is 5.69 Å². The van der Waals surface area contributed by atoms with Gasteiger partial charge in [-0.3, -0.25) is 9.89 Å². The van der Waals surface area contributed by atoms with Gasteiger partial charge in [0.05, 0.1) is 5.02 Å². The van der Waals surface area contributed by atoms with Crippen molar-refractivity contribution in [2.75, 3.05) is 31.1 Å². The fourth-order valence-corrected chi connectivity index (χ4v) is 3.15. The molecule has 3 heterocycles. The molecule has 1 amide bonds. The number of piperazine rings is 1. The van der Waals surface area contributed by atoms with Crippen molar-refractivity contribution in [3.8, 4) is 0 Å². The van der Waals surface area contributed by atoms with Crippen LogP contribution in [0.15, 0.2) is 24.4 Å². The Labute approximate surface area is 145 Å². The van der Waals surface area contributed by atoms with Gasteiger partial charge in [0, 0.05) is 49.6 Å². The Morgan fingerprint density at radius 1 is 1.25 bits per heavy atom. The van der Waals surface area contributed by atoms with Crippen LogP contribution in [0.5, 0.6) is 0 Å². The summed E-state index contributed by atoms with van der Waals surface area (Å²) in [5, 5.41) is 8.17. The van der Waals surface area contributed by atoms with E-state index in [2.05, 4.69) is 33.1 Å². The SMILES string of the molecule is CC1(c2cc(N3CCN(C(=O)c4ccc(Cl)cn4)CC3)n[nH]2)CC1. The van der Waals surface area contributed by atoms with E-state index in [9.17, 15) is 4.79 Å². The molecule has 0 bridgehead atoms. The minimum atomic E-state index is -0.0421. The van der Waals surface area contributed by atoms with E-state index in [1.54, 1.807) is 12.1 Å². The highest BCUT2D eigenvalue weighted by Crippen LogP contribution is 2.47. The zero-order valence-electron chi connectivity index (χ0n) is 13.6. The highest BCUT2D eigenvalue weighted by molar-refractivity contribution is 6.30. The molecule has 126 valence electrons. The monoisotopic (exact) mass is 345 g/mol. The molecule has 1 aliphatic heterocycles. The number of halogens is 1. The van der Waals surface area contributed by atoms with Crippen LogP contribution in [0.4, 0.5) is 5.82 Å². The van der Waals surface area contributed by atoms with Crippen molar-refractivity contribution < 1.29 is 4.79 Å². The molecule has 0 radical (unpaired) electrons. The third-order valence-electron chi connectivity index (χ3n) is 5.05. The summed E-state index contributed by atoms with van der Waals surface area (Å²) in [6.07, 6.45) is 3.96. The van der Waals surface area contributed by atoms with Crippen LogP contribution in [0, 0.1) is 0 Å². The lowest BCUT2D eigenvalue weighted by molar-refractivity contribution is 0.0740. The van der Waals surface area contributed by atoms with E-state index >= 15 is 0 Å².